The van der Waals surface area contributed by atoms with Gasteiger partial charge in [-0.3, -0.25) is 116 Å². The third-order valence-corrected chi connectivity index (χ3v) is 27.3. The van der Waals surface area contributed by atoms with Gasteiger partial charge in [0.05, 0.1) is 52.2 Å². The Morgan fingerprint density at radius 3 is 1.37 bits per heavy atom. The van der Waals surface area contributed by atoms with Crippen LogP contribution in [0.25, 0.3) is 11.2 Å². The van der Waals surface area contributed by atoms with Crippen molar-refractivity contribution in [2.75, 3.05) is 51.1 Å². The molecule has 7 aromatic rings. The molecule has 2 bridgehead atoms. The van der Waals surface area contributed by atoms with Crippen molar-refractivity contribution in [2.45, 2.75) is 183 Å². The number of aromatic amines is 4. The van der Waals surface area contributed by atoms with E-state index >= 15 is 0 Å². The van der Waals surface area contributed by atoms with E-state index in [1.807, 2.05) is 6.08 Å². The van der Waals surface area contributed by atoms with Crippen LogP contribution in [0.5, 0.6) is 0 Å². The maximum atomic E-state index is 14.5. The van der Waals surface area contributed by atoms with Crippen LogP contribution in [0.2, 0.25) is 0 Å². The zero-order valence-electron chi connectivity index (χ0n) is 66.7. The zero-order chi connectivity index (χ0) is 90.8. The summed E-state index contributed by atoms with van der Waals surface area (Å²) in [5.41, 5.74) is 3.52. The minimum absolute atomic E-state index is 0.0197. The third-order valence-electron chi connectivity index (χ3n) is 21.3. The van der Waals surface area contributed by atoms with Crippen molar-refractivity contribution in [1.29, 1.82) is 0 Å². The highest BCUT2D eigenvalue weighted by Crippen LogP contribution is 2.57. The predicted octanol–water partition coefficient (Wildman–Crippen LogP) is 2.44. The van der Waals surface area contributed by atoms with Crippen LogP contribution in [0, 0.1) is 55.8 Å². The summed E-state index contributed by atoms with van der Waals surface area (Å²) in [5.74, 6) is 7.71. The van der Waals surface area contributed by atoms with Gasteiger partial charge in [-0.05, 0) is 75.5 Å². The molecule has 12 heterocycles. The topological polar surface area (TPSA) is 709 Å². The van der Waals surface area contributed by atoms with Crippen LogP contribution < -0.4 is 56.5 Å². The average Bonchev–Trinajstić information content (AvgIpc) is 1.61. The maximum absolute atomic E-state index is 14.5. The summed E-state index contributed by atoms with van der Waals surface area (Å²) in [6, 6.07) is 4.05. The normalized spacial score (nSPS) is 29.1. The summed E-state index contributed by atoms with van der Waals surface area (Å²) >= 11 is 0. The van der Waals surface area contributed by atoms with Crippen LogP contribution in [0.4, 0.5) is 11.8 Å². The zero-order valence-corrected chi connectivity index (χ0v) is 72.1. The highest BCUT2D eigenvalue weighted by Gasteiger charge is 2.52. The number of nitrogen functional groups attached to an aromatic ring is 2. The molecule has 5 saturated heterocycles. The number of phosphoric acid groups is 6. The van der Waals surface area contributed by atoms with E-state index in [0.717, 1.165) is 66.4 Å². The highest BCUT2D eigenvalue weighted by molar-refractivity contribution is 7.48. The number of anilines is 2. The van der Waals surface area contributed by atoms with Crippen molar-refractivity contribution in [3.05, 3.63) is 174 Å². The minimum atomic E-state index is -5.72. The molecule has 1 saturated carbocycles. The summed E-state index contributed by atoms with van der Waals surface area (Å²) in [6.07, 6.45) is -8.25. The van der Waals surface area contributed by atoms with Crippen molar-refractivity contribution in [2.24, 2.45) is 17.8 Å². The number of unbranched alkanes of at least 4 members (excludes halogenated alkanes) is 3. The molecule has 0 spiro atoms. The first kappa shape index (κ1) is 94.6. The molecule has 0 aromatic carbocycles. The number of hydrogen-bond donors (Lipinski definition) is 12. The van der Waals surface area contributed by atoms with Crippen molar-refractivity contribution in [3.8, 4) is 24.2 Å². The number of hydrogen-bond acceptors (Lipinski definition) is 37. The molecular formula is C69H86N14O38P6. The molecule has 24 atom stereocenters. The van der Waals surface area contributed by atoms with Gasteiger partial charge in [-0.15, -0.1) is 12.3 Å². The molecule has 7 aromatic heterocycles. The second-order valence-corrected chi connectivity index (χ2v) is 38.7. The second kappa shape index (κ2) is 39.3. The smallest absolute Gasteiger partial charge is 0.467 e. The number of aromatic nitrogens is 12. The van der Waals surface area contributed by atoms with Gasteiger partial charge in [0.15, 0.2) is 11.2 Å². The first-order valence-corrected chi connectivity index (χ1v) is 47.9. The Bertz CT molecular complexity index is 6190. The van der Waals surface area contributed by atoms with Gasteiger partial charge < -0.3 is 68.9 Å². The standard InChI is InChI=1S/C69H86N14O38P6/c1-4-5-6-7-8-9-11-40-27-82(69(91)78-63(40)86)57-23-46(120-125(98,99)109-32-50-45(117-123(94,95)106-29-42-12-10-17-104-42)22-56(114-50)81-26-37(3)62(85)77-68(81)90)51(115-57)33-110-124(96,97)118-43-20-54(79-16-15-53(70)73-66(79)88)112-49(43)31-108-127(102,103)121-47-24-58(83-35-72-59-60(83)74-65(71)75-64(59)87)116-52(47)34-111-126(100,101)119-44-21-55(80-25-36(2)61(84)76-67(80)89)113-48(44)30-107-122(92,93)105-28-41-19-38-13-14-39(41)18-38/h1,10,12-17,25-27,35,38-39,41,43-52,54-58H,5-8,18-24,28-34H2,2-3H3,(H,92,93)(H,94,95)(H,96,97)(H,98,99)(H,100,101)(H,102,103)(H2,70,73,88)(H,76,84,89)(H,77,85,90)(H,78,86,91)(H3,71,74,75,87)/t38?,39?,41?,43-,44-,45-,46-,47-,48-,49-,50-,51-,52-,54-,55-,56-,57-,58-/m1/s1. The Kier molecular flexibility index (Phi) is 29.2. The van der Waals surface area contributed by atoms with Gasteiger partial charge in [0, 0.05) is 80.9 Å². The van der Waals surface area contributed by atoms with Crippen LogP contribution >= 0.6 is 46.9 Å². The van der Waals surface area contributed by atoms with Gasteiger partial charge in [0.1, 0.15) is 116 Å². The monoisotopic (exact) mass is 1900 g/mol. The van der Waals surface area contributed by atoms with Crippen molar-refractivity contribution < 1.29 is 139 Å². The number of ether oxygens (including phenoxy) is 5. The fourth-order valence-electron chi connectivity index (χ4n) is 15.1. The van der Waals surface area contributed by atoms with Gasteiger partial charge in [0.25, 0.3) is 22.2 Å². The molecule has 127 heavy (non-hydrogen) atoms. The van der Waals surface area contributed by atoms with Crippen LogP contribution in [0.1, 0.15) is 124 Å². The van der Waals surface area contributed by atoms with Crippen LogP contribution in [0.15, 0.2) is 111 Å². The molecule has 2 aliphatic carbocycles. The number of allylic oxidation sites excluding steroid dienone is 2. The largest absolute Gasteiger partial charge is 0.472 e. The van der Waals surface area contributed by atoms with Crippen LogP contribution in [-0.4, -0.2) is 188 Å². The SMILES string of the molecule is C#CCCCCC#Cc1cn([C@H]2C[C@@H](OP(=O)(O)OC[C@H]3O[C@@H](n4cc(C)c(=O)[nH]c4=O)C[C@H]3OP(=O)(O)OCc3ccco3)[C@@H](COP(=O)(O)O[C@@H]3C[C@H](n4ccc(N)nc4=O)O[C@@H]3COP(=O)(O)O[C@@H]3C[C@H](n4cnc5c(=O)[nH]c(N)nc54)O[C@@H]3COP(=O)(O)O[C@@H]3C[C@H](n4cc(C)c(=O)[nH]c4=O)O[C@@H]3COP(=O)(O)OCC3CC4C=CC3C4)O2)c(=O)[nH]c1=O. The van der Waals surface area contributed by atoms with E-state index in [1.54, 1.807) is 0 Å². The van der Waals surface area contributed by atoms with E-state index in [1.165, 1.54) is 32.2 Å². The molecule has 0 amide bonds. The van der Waals surface area contributed by atoms with Crippen LogP contribution in [-0.2, 0) is 112 Å². The number of nitrogens with zero attached hydrogens (tertiary/aromatic N) is 8. The summed E-state index contributed by atoms with van der Waals surface area (Å²) in [6.45, 7) is -3.43. The molecule has 5 aliphatic heterocycles. The van der Waals surface area contributed by atoms with Crippen LogP contribution in [0.3, 0.4) is 0 Å². The van der Waals surface area contributed by atoms with E-state index in [0.29, 0.717) is 25.7 Å². The quantitative estimate of drug-likeness (QED) is 0.0114. The lowest BCUT2D eigenvalue weighted by molar-refractivity contribution is -0.0647. The van der Waals surface area contributed by atoms with E-state index < -0.39 is 262 Å². The molecule has 9 unspecified atom stereocenters. The number of nitrogens with one attached hydrogen (secondary N) is 4. The Hall–Kier alpha value is -8.53. The number of aryl methyl sites for hydroxylation is 2. The lowest BCUT2D eigenvalue weighted by atomic mass is 9.95. The predicted molar refractivity (Wildman–Crippen MR) is 427 cm³/mol. The van der Waals surface area contributed by atoms with E-state index in [2.05, 4.69) is 58.7 Å². The summed E-state index contributed by atoms with van der Waals surface area (Å²) in [7, 11) is -32.5. The number of phosphoric ester groups is 6. The van der Waals surface area contributed by atoms with Gasteiger partial charge in [-0.1, -0.05) is 24.0 Å². The molecule has 52 nitrogen and oxygen atoms in total. The molecule has 14 rings (SSSR count). The van der Waals surface area contributed by atoms with Gasteiger partial charge >= 0.3 is 69.7 Å². The Morgan fingerprint density at radius 1 is 0.496 bits per heavy atom. The Morgan fingerprint density at radius 2 is 0.929 bits per heavy atom. The summed E-state index contributed by atoms with van der Waals surface area (Å²) in [5, 5.41) is 0. The Labute approximate surface area is 713 Å². The third kappa shape index (κ3) is 23.8. The molecule has 0 radical (unpaired) electrons. The first-order chi connectivity index (χ1) is 60.1. The molecular weight excluding hydrogens is 1820 g/mol. The number of fused-ring (bicyclic) bond motifs is 3. The van der Waals surface area contributed by atoms with Gasteiger partial charge in [0.2, 0.25) is 5.95 Å². The highest BCUT2D eigenvalue weighted by atomic mass is 31.2. The number of imidazole rings is 1. The van der Waals surface area contributed by atoms with Gasteiger partial charge in [-0.2, -0.15) is 9.97 Å². The fraction of sp³-hybridized carbons (Fsp3) is 0.551. The molecule has 14 N–H and O–H groups in total. The first-order valence-electron chi connectivity index (χ1n) is 39.0. The number of furan rings is 1. The van der Waals surface area contributed by atoms with Gasteiger partial charge in [-0.25, -0.2) is 51.6 Å². The van der Waals surface area contributed by atoms with Crippen molar-refractivity contribution in [1.82, 2.24) is 57.7 Å². The minimum Gasteiger partial charge on any atom is -0.467 e. The van der Waals surface area contributed by atoms with Crippen molar-refractivity contribution in [3.63, 3.8) is 0 Å². The van der Waals surface area contributed by atoms with Crippen molar-refractivity contribution >= 4 is 69.9 Å². The number of rotatable bonds is 39. The van der Waals surface area contributed by atoms with E-state index in [-0.39, 0.29) is 70.2 Å². The second-order valence-electron chi connectivity index (χ2n) is 30.2. The maximum Gasteiger partial charge on any atom is 0.472 e. The number of H-pyrrole nitrogens is 4. The lowest BCUT2D eigenvalue weighted by Crippen LogP contribution is -2.34. The number of terminal acetylenes is 1. The molecule has 7 aliphatic rings. The van der Waals surface area contributed by atoms with E-state index in [4.69, 9.17) is 100 Å². The summed E-state index contributed by atoms with van der Waals surface area (Å²) < 4.78 is 190. The van der Waals surface area contributed by atoms with E-state index in [9.17, 15) is 95.1 Å². The summed E-state index contributed by atoms with van der Waals surface area (Å²) in [4.78, 5) is 193. The molecule has 58 heteroatoms. The number of nitrogens with two attached hydrogens (primary N) is 2. The lowest BCUT2D eigenvalue weighted by Gasteiger charge is -2.26. The fourth-order valence-corrected chi connectivity index (χ4v) is 20.7. The molecule has 690 valence electrons. The Balaban J connectivity index is 0.682. The average molecular weight is 1910 g/mol. The molecule has 6 fully saturated rings.